The first-order valence-electron chi connectivity index (χ1n) is 5.78. The maximum absolute atomic E-state index is 9.67. The molecule has 1 fully saturated rings. The molecule has 2 rings (SSSR count). The van der Waals surface area contributed by atoms with E-state index in [9.17, 15) is 5.11 Å². The summed E-state index contributed by atoms with van der Waals surface area (Å²) < 4.78 is 5.11. The van der Waals surface area contributed by atoms with Gasteiger partial charge in [0.2, 0.25) is 0 Å². The second kappa shape index (κ2) is 5.33. The minimum Gasteiger partial charge on any atom is -0.467 e. The third-order valence-corrected chi connectivity index (χ3v) is 2.87. The van der Waals surface area contributed by atoms with Crippen molar-refractivity contribution in [1.82, 2.24) is 5.32 Å². The van der Waals surface area contributed by atoms with Crippen LogP contribution in [0, 0.1) is 5.92 Å². The molecule has 3 nitrogen and oxygen atoms in total. The first kappa shape index (κ1) is 10.7. The number of hydrogen-bond acceptors (Lipinski definition) is 3. The summed E-state index contributed by atoms with van der Waals surface area (Å²) in [5.41, 5.74) is 0. The van der Waals surface area contributed by atoms with Crippen molar-refractivity contribution in [2.45, 2.75) is 31.8 Å². The minimum atomic E-state index is -0.513. The largest absolute Gasteiger partial charge is 0.467 e. The van der Waals surface area contributed by atoms with Gasteiger partial charge in [0.05, 0.1) is 6.26 Å². The normalized spacial score (nSPS) is 17.9. The van der Waals surface area contributed by atoms with E-state index in [0.717, 1.165) is 12.5 Å². The van der Waals surface area contributed by atoms with Crippen molar-refractivity contribution in [2.24, 2.45) is 5.92 Å². The molecule has 84 valence electrons. The molecule has 0 saturated heterocycles. The van der Waals surface area contributed by atoms with Crippen LogP contribution < -0.4 is 5.32 Å². The molecule has 2 N–H and O–H groups in total. The number of nitrogens with one attached hydrogen (secondary N) is 1. The van der Waals surface area contributed by atoms with Crippen molar-refractivity contribution in [3.8, 4) is 0 Å². The molecule has 0 amide bonds. The summed E-state index contributed by atoms with van der Waals surface area (Å²) in [7, 11) is 0. The predicted octanol–water partition coefficient (Wildman–Crippen LogP) is 2.09. The summed E-state index contributed by atoms with van der Waals surface area (Å²) >= 11 is 0. The van der Waals surface area contributed by atoms with Gasteiger partial charge in [0.15, 0.2) is 0 Å². The molecule has 0 bridgehead atoms. The van der Waals surface area contributed by atoms with E-state index >= 15 is 0 Å². The van der Waals surface area contributed by atoms with Crippen molar-refractivity contribution in [3.63, 3.8) is 0 Å². The summed E-state index contributed by atoms with van der Waals surface area (Å²) in [4.78, 5) is 0. The van der Waals surface area contributed by atoms with Gasteiger partial charge in [-0.05, 0) is 37.4 Å². The predicted molar refractivity (Wildman–Crippen MR) is 58.5 cm³/mol. The fourth-order valence-corrected chi connectivity index (χ4v) is 1.74. The Morgan fingerprint density at radius 2 is 2.40 bits per heavy atom. The molecule has 1 heterocycles. The van der Waals surface area contributed by atoms with Gasteiger partial charge < -0.3 is 14.8 Å². The molecule has 1 aromatic heterocycles. The third-order valence-electron chi connectivity index (χ3n) is 2.87. The number of rotatable bonds is 7. The molecule has 1 saturated carbocycles. The van der Waals surface area contributed by atoms with Gasteiger partial charge in [-0.25, -0.2) is 0 Å². The average molecular weight is 209 g/mol. The van der Waals surface area contributed by atoms with Crippen LogP contribution in [0.15, 0.2) is 22.8 Å². The molecule has 1 aromatic rings. The standard InChI is InChI=1S/C12H19NO2/c14-11(12-4-2-8-15-12)9-13-7-1-3-10-5-6-10/h2,4,8,10-11,13-14H,1,3,5-7,9H2. The third kappa shape index (κ3) is 3.68. The minimum absolute atomic E-state index is 0.513. The Bertz CT molecular complexity index is 267. The van der Waals surface area contributed by atoms with Crippen LogP contribution in [0.3, 0.4) is 0 Å². The zero-order valence-corrected chi connectivity index (χ0v) is 8.98. The topological polar surface area (TPSA) is 45.4 Å². The van der Waals surface area contributed by atoms with E-state index in [0.29, 0.717) is 12.3 Å². The Balaban J connectivity index is 1.53. The highest BCUT2D eigenvalue weighted by Gasteiger charge is 2.19. The maximum Gasteiger partial charge on any atom is 0.133 e. The number of aliphatic hydroxyl groups excluding tert-OH is 1. The first-order chi connectivity index (χ1) is 7.36. The van der Waals surface area contributed by atoms with E-state index in [-0.39, 0.29) is 0 Å². The van der Waals surface area contributed by atoms with Gasteiger partial charge in [-0.3, -0.25) is 0 Å². The highest BCUT2D eigenvalue weighted by atomic mass is 16.4. The van der Waals surface area contributed by atoms with Crippen molar-refractivity contribution in [1.29, 1.82) is 0 Å². The Kier molecular flexibility index (Phi) is 3.80. The van der Waals surface area contributed by atoms with E-state index in [4.69, 9.17) is 4.42 Å². The molecular weight excluding hydrogens is 190 g/mol. The molecule has 0 spiro atoms. The molecule has 0 aliphatic heterocycles. The molecule has 15 heavy (non-hydrogen) atoms. The molecule has 1 aliphatic rings. The molecule has 3 heteroatoms. The van der Waals surface area contributed by atoms with Crippen molar-refractivity contribution >= 4 is 0 Å². The maximum atomic E-state index is 9.67. The van der Waals surface area contributed by atoms with Crippen LogP contribution in [0.2, 0.25) is 0 Å². The van der Waals surface area contributed by atoms with Crippen LogP contribution >= 0.6 is 0 Å². The molecule has 1 atom stereocenters. The van der Waals surface area contributed by atoms with Crippen LogP contribution in [0.1, 0.15) is 37.5 Å². The van der Waals surface area contributed by atoms with E-state index in [1.807, 2.05) is 0 Å². The van der Waals surface area contributed by atoms with Crippen LogP contribution in [0.25, 0.3) is 0 Å². The molecule has 0 radical (unpaired) electrons. The SMILES string of the molecule is OC(CNCCCC1CC1)c1ccco1. The zero-order valence-electron chi connectivity index (χ0n) is 8.98. The Morgan fingerprint density at radius 3 is 3.07 bits per heavy atom. The summed E-state index contributed by atoms with van der Waals surface area (Å²) in [6.07, 6.45) is 6.48. The van der Waals surface area contributed by atoms with Gasteiger partial charge in [-0.2, -0.15) is 0 Å². The van der Waals surface area contributed by atoms with Gasteiger partial charge >= 0.3 is 0 Å². The second-order valence-electron chi connectivity index (χ2n) is 4.32. The quantitative estimate of drug-likeness (QED) is 0.676. The van der Waals surface area contributed by atoms with Crippen LogP contribution in [-0.2, 0) is 0 Å². The van der Waals surface area contributed by atoms with Gasteiger partial charge in [0, 0.05) is 6.54 Å². The van der Waals surface area contributed by atoms with Crippen LogP contribution in [0.5, 0.6) is 0 Å². The smallest absolute Gasteiger partial charge is 0.133 e. The van der Waals surface area contributed by atoms with Gasteiger partial charge in [-0.15, -0.1) is 0 Å². The Hall–Kier alpha value is -0.800. The van der Waals surface area contributed by atoms with Crippen molar-refractivity contribution in [2.75, 3.05) is 13.1 Å². The monoisotopic (exact) mass is 209 g/mol. The number of aliphatic hydroxyl groups is 1. The van der Waals surface area contributed by atoms with Gasteiger partial charge in [0.1, 0.15) is 11.9 Å². The summed E-state index contributed by atoms with van der Waals surface area (Å²) in [5.74, 6) is 1.64. The fourth-order valence-electron chi connectivity index (χ4n) is 1.74. The molecular formula is C12H19NO2. The van der Waals surface area contributed by atoms with Crippen LogP contribution in [-0.4, -0.2) is 18.2 Å². The Morgan fingerprint density at radius 1 is 1.53 bits per heavy atom. The average Bonchev–Trinajstić information content (AvgIpc) is 2.90. The lowest BCUT2D eigenvalue weighted by Gasteiger charge is -2.08. The number of hydrogen-bond donors (Lipinski definition) is 2. The lowest BCUT2D eigenvalue weighted by molar-refractivity contribution is 0.147. The summed E-state index contributed by atoms with van der Waals surface area (Å²) in [5, 5.41) is 12.9. The van der Waals surface area contributed by atoms with E-state index in [2.05, 4.69) is 5.32 Å². The van der Waals surface area contributed by atoms with Gasteiger partial charge in [-0.1, -0.05) is 12.8 Å². The Labute approximate surface area is 90.5 Å². The second-order valence-corrected chi connectivity index (χ2v) is 4.32. The van der Waals surface area contributed by atoms with E-state index < -0.39 is 6.10 Å². The van der Waals surface area contributed by atoms with Crippen LogP contribution in [0.4, 0.5) is 0 Å². The van der Waals surface area contributed by atoms with Crippen molar-refractivity contribution in [3.05, 3.63) is 24.2 Å². The zero-order chi connectivity index (χ0) is 10.5. The molecule has 1 unspecified atom stereocenters. The van der Waals surface area contributed by atoms with E-state index in [1.54, 1.807) is 18.4 Å². The lowest BCUT2D eigenvalue weighted by Crippen LogP contribution is -2.22. The highest BCUT2D eigenvalue weighted by Crippen LogP contribution is 2.33. The van der Waals surface area contributed by atoms with Gasteiger partial charge in [0.25, 0.3) is 0 Å². The first-order valence-corrected chi connectivity index (χ1v) is 5.78. The fraction of sp³-hybridized carbons (Fsp3) is 0.667. The van der Waals surface area contributed by atoms with Crippen molar-refractivity contribution < 1.29 is 9.52 Å². The molecule has 0 aromatic carbocycles. The van der Waals surface area contributed by atoms with E-state index in [1.165, 1.54) is 25.7 Å². The summed E-state index contributed by atoms with van der Waals surface area (Å²) in [6.45, 7) is 1.58. The lowest BCUT2D eigenvalue weighted by atomic mass is 10.2. The highest BCUT2D eigenvalue weighted by molar-refractivity contribution is 5.02. The summed E-state index contributed by atoms with van der Waals surface area (Å²) in [6, 6.07) is 3.60. The number of furan rings is 1. The molecule has 1 aliphatic carbocycles.